The molecule has 2 aromatic heterocycles. The lowest BCUT2D eigenvalue weighted by atomic mass is 10.2. The molecule has 0 spiro atoms. The third kappa shape index (κ3) is 3.79. The zero-order chi connectivity index (χ0) is 18.7. The number of rotatable bonds is 5. The van der Waals surface area contributed by atoms with Crippen LogP contribution in [0.2, 0.25) is 5.02 Å². The monoisotopic (exact) mass is 389 g/mol. The van der Waals surface area contributed by atoms with Crippen molar-refractivity contribution in [1.82, 2.24) is 25.2 Å². The minimum Gasteiger partial charge on any atom is -0.278 e. The van der Waals surface area contributed by atoms with Crippen molar-refractivity contribution in [1.29, 1.82) is 5.26 Å². The third-order valence-corrected chi connectivity index (χ3v) is 5.06. The third-order valence-electron chi connectivity index (χ3n) is 3.49. The summed E-state index contributed by atoms with van der Waals surface area (Å²) in [5.74, 6) is 0.506. The van der Waals surface area contributed by atoms with E-state index in [2.05, 4.69) is 25.2 Å². The Kier molecular flexibility index (Phi) is 4.83. The molecule has 0 saturated heterocycles. The van der Waals surface area contributed by atoms with E-state index in [0.717, 1.165) is 0 Å². The summed E-state index contributed by atoms with van der Waals surface area (Å²) in [6.07, 6.45) is 1.62. The van der Waals surface area contributed by atoms with E-state index in [1.165, 1.54) is 41.2 Å². The minimum absolute atomic E-state index is 0.0391. The van der Waals surface area contributed by atoms with Gasteiger partial charge in [0, 0.05) is 13.2 Å². The van der Waals surface area contributed by atoms with E-state index in [4.69, 9.17) is 16.9 Å². The SMILES string of the molecule is Cn1nnnc1Cc1ncc(Cl)cc1NS(=O)(=O)c1cccc(C#N)c1. The van der Waals surface area contributed by atoms with Crippen molar-refractivity contribution in [2.24, 2.45) is 7.05 Å². The van der Waals surface area contributed by atoms with Crippen molar-refractivity contribution in [3.8, 4) is 6.07 Å². The van der Waals surface area contributed by atoms with E-state index in [9.17, 15) is 8.42 Å². The van der Waals surface area contributed by atoms with Gasteiger partial charge in [-0.2, -0.15) is 5.26 Å². The van der Waals surface area contributed by atoms with Gasteiger partial charge >= 0.3 is 0 Å². The Morgan fingerprint density at radius 3 is 2.85 bits per heavy atom. The molecular weight excluding hydrogens is 378 g/mol. The van der Waals surface area contributed by atoms with Crippen LogP contribution in [0.4, 0.5) is 5.69 Å². The summed E-state index contributed by atoms with van der Waals surface area (Å²) in [6.45, 7) is 0. The average molecular weight is 390 g/mol. The molecule has 0 aliphatic carbocycles. The summed E-state index contributed by atoms with van der Waals surface area (Å²) in [5.41, 5.74) is 0.859. The minimum atomic E-state index is -3.93. The summed E-state index contributed by atoms with van der Waals surface area (Å²) in [4.78, 5) is 4.15. The molecule has 0 unspecified atom stereocenters. The van der Waals surface area contributed by atoms with Crippen LogP contribution in [0, 0.1) is 11.3 Å². The number of nitrogens with one attached hydrogen (secondary N) is 1. The van der Waals surface area contributed by atoms with Crippen molar-refractivity contribution >= 4 is 27.3 Å². The van der Waals surface area contributed by atoms with E-state index in [-0.39, 0.29) is 27.6 Å². The number of aryl methyl sites for hydroxylation is 1. The van der Waals surface area contributed by atoms with E-state index in [1.807, 2.05) is 6.07 Å². The molecule has 9 nitrogen and oxygen atoms in total. The van der Waals surface area contributed by atoms with Gasteiger partial charge in [-0.25, -0.2) is 13.1 Å². The van der Waals surface area contributed by atoms with Crippen LogP contribution in [0.15, 0.2) is 41.4 Å². The van der Waals surface area contributed by atoms with E-state index in [1.54, 1.807) is 7.05 Å². The molecule has 0 radical (unpaired) electrons. The number of nitrogens with zero attached hydrogens (tertiary/aromatic N) is 6. The molecule has 3 rings (SSSR count). The van der Waals surface area contributed by atoms with Gasteiger partial charge in [0.25, 0.3) is 10.0 Å². The molecule has 1 N–H and O–H groups in total. The number of hydrogen-bond donors (Lipinski definition) is 1. The molecule has 11 heteroatoms. The van der Waals surface area contributed by atoms with E-state index >= 15 is 0 Å². The lowest BCUT2D eigenvalue weighted by Crippen LogP contribution is -2.15. The smallest absolute Gasteiger partial charge is 0.261 e. The summed E-state index contributed by atoms with van der Waals surface area (Å²) in [7, 11) is -2.26. The maximum absolute atomic E-state index is 12.7. The zero-order valence-corrected chi connectivity index (χ0v) is 15.0. The molecule has 0 fully saturated rings. The number of hydrogen-bond acceptors (Lipinski definition) is 7. The molecule has 0 amide bonds. The molecule has 132 valence electrons. The maximum atomic E-state index is 12.7. The molecule has 3 aromatic rings. The highest BCUT2D eigenvalue weighted by Crippen LogP contribution is 2.24. The van der Waals surface area contributed by atoms with Crippen LogP contribution in [0.5, 0.6) is 0 Å². The predicted molar refractivity (Wildman–Crippen MR) is 92.8 cm³/mol. The Labute approximate surface area is 154 Å². The first-order chi connectivity index (χ1) is 12.4. The number of tetrazole rings is 1. The van der Waals surface area contributed by atoms with Gasteiger partial charge in [-0.3, -0.25) is 9.71 Å². The van der Waals surface area contributed by atoms with Crippen molar-refractivity contribution in [3.63, 3.8) is 0 Å². The second-order valence-electron chi connectivity index (χ2n) is 5.29. The number of pyridine rings is 1. The first-order valence-electron chi connectivity index (χ1n) is 7.27. The number of nitriles is 1. The Morgan fingerprint density at radius 1 is 1.35 bits per heavy atom. The van der Waals surface area contributed by atoms with Crippen LogP contribution >= 0.6 is 11.6 Å². The van der Waals surface area contributed by atoms with E-state index in [0.29, 0.717) is 11.5 Å². The second kappa shape index (κ2) is 7.07. The van der Waals surface area contributed by atoms with Gasteiger partial charge in [-0.1, -0.05) is 17.7 Å². The largest absolute Gasteiger partial charge is 0.278 e. The first kappa shape index (κ1) is 17.8. The average Bonchev–Trinajstić information content (AvgIpc) is 3.02. The summed E-state index contributed by atoms with van der Waals surface area (Å²) >= 11 is 5.97. The summed E-state index contributed by atoms with van der Waals surface area (Å²) in [6, 6.07) is 9.06. The molecule has 0 aliphatic rings. The lowest BCUT2D eigenvalue weighted by molar-refractivity contribution is 0.601. The molecule has 26 heavy (non-hydrogen) atoms. The van der Waals surface area contributed by atoms with Crippen LogP contribution in [0.3, 0.4) is 0 Å². The number of benzene rings is 1. The van der Waals surface area contributed by atoms with Crippen molar-refractivity contribution in [3.05, 3.63) is 58.6 Å². The van der Waals surface area contributed by atoms with Gasteiger partial charge in [0.05, 0.1) is 39.4 Å². The molecule has 0 atom stereocenters. The highest BCUT2D eigenvalue weighted by molar-refractivity contribution is 7.92. The highest BCUT2D eigenvalue weighted by Gasteiger charge is 2.19. The predicted octanol–water partition coefficient (Wildman–Crippen LogP) is 1.52. The summed E-state index contributed by atoms with van der Waals surface area (Å²) in [5, 5.41) is 20.4. The molecule has 0 saturated carbocycles. The first-order valence-corrected chi connectivity index (χ1v) is 9.14. The fraction of sp³-hybridized carbons (Fsp3) is 0.133. The van der Waals surface area contributed by atoms with Crippen LogP contribution in [0.1, 0.15) is 17.1 Å². The molecule has 2 heterocycles. The van der Waals surface area contributed by atoms with Crippen LogP contribution < -0.4 is 4.72 Å². The molecule has 1 aromatic carbocycles. The fourth-order valence-electron chi connectivity index (χ4n) is 2.18. The molecule has 0 aliphatic heterocycles. The Bertz CT molecular complexity index is 1110. The number of aromatic nitrogens is 5. The highest BCUT2D eigenvalue weighted by atomic mass is 35.5. The lowest BCUT2D eigenvalue weighted by Gasteiger charge is -2.12. The molecular formula is C15H12ClN7O2S. The van der Waals surface area contributed by atoms with Gasteiger partial charge in [0.1, 0.15) is 0 Å². The Morgan fingerprint density at radius 2 is 2.15 bits per heavy atom. The Hall–Kier alpha value is -3.03. The number of sulfonamides is 1. The second-order valence-corrected chi connectivity index (χ2v) is 7.41. The number of halogens is 1. The van der Waals surface area contributed by atoms with Crippen molar-refractivity contribution in [2.45, 2.75) is 11.3 Å². The maximum Gasteiger partial charge on any atom is 0.261 e. The van der Waals surface area contributed by atoms with E-state index < -0.39 is 10.0 Å². The fourth-order valence-corrected chi connectivity index (χ4v) is 3.46. The van der Waals surface area contributed by atoms with Gasteiger partial charge in [-0.15, -0.1) is 5.10 Å². The number of anilines is 1. The van der Waals surface area contributed by atoms with Gasteiger partial charge in [0.2, 0.25) is 0 Å². The normalized spacial score (nSPS) is 11.1. The molecule has 0 bridgehead atoms. The van der Waals surface area contributed by atoms with Crippen molar-refractivity contribution < 1.29 is 8.42 Å². The van der Waals surface area contributed by atoms with Gasteiger partial charge in [-0.05, 0) is 34.7 Å². The van der Waals surface area contributed by atoms with Crippen LogP contribution in [-0.2, 0) is 23.5 Å². The zero-order valence-electron chi connectivity index (χ0n) is 13.5. The standard InChI is InChI=1S/C15H12ClN7O2S/c1-23-15(19-21-22-23)7-13-14(6-11(16)9-18-13)20-26(24,25)12-4-2-3-10(5-12)8-17/h2-6,9,20H,7H2,1H3. The quantitative estimate of drug-likeness (QED) is 0.700. The summed E-state index contributed by atoms with van der Waals surface area (Å²) < 4.78 is 29.3. The Balaban J connectivity index is 1.97. The van der Waals surface area contributed by atoms with Crippen LogP contribution in [0.25, 0.3) is 0 Å². The van der Waals surface area contributed by atoms with Crippen molar-refractivity contribution in [2.75, 3.05) is 4.72 Å². The van der Waals surface area contributed by atoms with Gasteiger partial charge < -0.3 is 0 Å². The van der Waals surface area contributed by atoms with Gasteiger partial charge in [0.15, 0.2) is 5.82 Å². The topological polar surface area (TPSA) is 126 Å². The van der Waals surface area contributed by atoms with Crippen LogP contribution in [-0.4, -0.2) is 33.6 Å².